The highest BCUT2D eigenvalue weighted by Crippen LogP contribution is 2.19. The number of halogens is 2. The third-order valence-corrected chi connectivity index (χ3v) is 3.89. The lowest BCUT2D eigenvalue weighted by molar-refractivity contribution is -0.121. The van der Waals surface area contributed by atoms with E-state index in [4.69, 9.17) is 0 Å². The fraction of sp³-hybridized carbons (Fsp3) is 0.368. The molecule has 1 aromatic carbocycles. The Labute approximate surface area is 141 Å². The molecule has 1 aromatic heterocycles. The second-order valence-corrected chi connectivity index (χ2v) is 5.80. The maximum absolute atomic E-state index is 13.2. The Kier molecular flexibility index (Phi) is 6.85. The minimum Gasteiger partial charge on any atom is -0.349 e. The van der Waals surface area contributed by atoms with E-state index in [0.29, 0.717) is 12.0 Å². The van der Waals surface area contributed by atoms with Crippen LogP contribution in [0.4, 0.5) is 8.78 Å². The lowest BCUT2D eigenvalue weighted by Crippen LogP contribution is -2.28. The summed E-state index contributed by atoms with van der Waals surface area (Å²) >= 11 is 0. The predicted octanol–water partition coefficient (Wildman–Crippen LogP) is 4.34. The van der Waals surface area contributed by atoms with Gasteiger partial charge in [-0.05, 0) is 42.2 Å². The highest BCUT2D eigenvalue weighted by atomic mass is 19.2. The van der Waals surface area contributed by atoms with E-state index in [1.807, 2.05) is 12.1 Å². The van der Waals surface area contributed by atoms with Crippen LogP contribution in [0, 0.1) is 11.6 Å². The zero-order chi connectivity index (χ0) is 17.4. The topological polar surface area (TPSA) is 42.0 Å². The number of aryl methyl sites for hydroxylation is 1. The maximum atomic E-state index is 13.2. The molecule has 1 atom stereocenters. The molecule has 0 fully saturated rings. The van der Waals surface area contributed by atoms with Crippen LogP contribution in [0.3, 0.4) is 0 Å². The molecule has 128 valence electrons. The van der Waals surface area contributed by atoms with Crippen molar-refractivity contribution < 1.29 is 13.6 Å². The Bertz CT molecular complexity index is 662. The second kappa shape index (κ2) is 9.11. The van der Waals surface area contributed by atoms with Crippen LogP contribution in [0.1, 0.15) is 49.8 Å². The van der Waals surface area contributed by atoms with Crippen molar-refractivity contribution >= 4 is 5.91 Å². The van der Waals surface area contributed by atoms with Gasteiger partial charge in [0.15, 0.2) is 11.6 Å². The number of hydrogen-bond donors (Lipinski definition) is 1. The number of carbonyl (C=O) groups is 1. The van der Waals surface area contributed by atoms with Crippen LogP contribution in [-0.4, -0.2) is 10.9 Å². The first kappa shape index (κ1) is 18.0. The molecule has 3 nitrogen and oxygen atoms in total. The van der Waals surface area contributed by atoms with Crippen molar-refractivity contribution in [2.24, 2.45) is 0 Å². The first-order valence-corrected chi connectivity index (χ1v) is 8.23. The molecular weight excluding hydrogens is 310 g/mol. The van der Waals surface area contributed by atoms with Gasteiger partial charge in [0.25, 0.3) is 0 Å². The Balaban J connectivity index is 1.93. The molecule has 1 N–H and O–H groups in total. The van der Waals surface area contributed by atoms with Gasteiger partial charge in [-0.1, -0.05) is 31.9 Å². The summed E-state index contributed by atoms with van der Waals surface area (Å²) in [5, 5.41) is 3.02. The molecule has 5 heteroatoms. The number of amides is 1. The van der Waals surface area contributed by atoms with Gasteiger partial charge < -0.3 is 5.32 Å². The minimum atomic E-state index is -0.885. The van der Waals surface area contributed by atoms with Crippen molar-refractivity contribution in [3.05, 3.63) is 65.5 Å². The Morgan fingerprint density at radius 3 is 2.75 bits per heavy atom. The normalized spacial score (nSPS) is 12.0. The molecule has 0 radical (unpaired) electrons. The van der Waals surface area contributed by atoms with Crippen molar-refractivity contribution in [2.75, 3.05) is 0 Å². The third-order valence-electron chi connectivity index (χ3n) is 3.89. The van der Waals surface area contributed by atoms with Gasteiger partial charge in [-0.3, -0.25) is 9.78 Å². The largest absolute Gasteiger partial charge is 0.349 e. The SMILES string of the molecule is CCCCC(NC(=O)CCc1ccc(F)c(F)c1)c1cccnc1. The van der Waals surface area contributed by atoms with Gasteiger partial charge in [0.1, 0.15) is 0 Å². The number of unbranched alkanes of at least 4 members (excludes halogenated alkanes) is 1. The fourth-order valence-electron chi connectivity index (χ4n) is 2.53. The molecule has 0 bridgehead atoms. The molecule has 0 aliphatic heterocycles. The maximum Gasteiger partial charge on any atom is 0.220 e. The van der Waals surface area contributed by atoms with E-state index in [9.17, 15) is 13.6 Å². The molecule has 24 heavy (non-hydrogen) atoms. The van der Waals surface area contributed by atoms with Gasteiger partial charge in [-0.25, -0.2) is 8.78 Å². The van der Waals surface area contributed by atoms with Crippen molar-refractivity contribution in [1.29, 1.82) is 0 Å². The standard InChI is InChI=1S/C19H22F2N2O/c1-2-3-6-18(15-5-4-11-22-13-15)23-19(24)10-8-14-7-9-16(20)17(21)12-14/h4-5,7,9,11-13,18H,2-3,6,8,10H2,1H3,(H,23,24). The van der Waals surface area contributed by atoms with E-state index in [-0.39, 0.29) is 18.4 Å². The average molecular weight is 332 g/mol. The number of nitrogens with one attached hydrogen (secondary N) is 1. The third kappa shape index (κ3) is 5.41. The van der Waals surface area contributed by atoms with E-state index in [0.717, 1.165) is 37.0 Å². The summed E-state index contributed by atoms with van der Waals surface area (Å²) in [4.78, 5) is 16.3. The number of aromatic nitrogens is 1. The number of nitrogens with zero attached hydrogens (tertiary/aromatic N) is 1. The van der Waals surface area contributed by atoms with Gasteiger partial charge in [0, 0.05) is 18.8 Å². The first-order valence-electron chi connectivity index (χ1n) is 8.23. The highest BCUT2D eigenvalue weighted by Gasteiger charge is 2.14. The first-order chi connectivity index (χ1) is 11.6. The summed E-state index contributed by atoms with van der Waals surface area (Å²) in [6.45, 7) is 2.10. The van der Waals surface area contributed by atoms with Crippen LogP contribution in [0.25, 0.3) is 0 Å². The van der Waals surface area contributed by atoms with Crippen molar-refractivity contribution in [3.63, 3.8) is 0 Å². The number of benzene rings is 1. The highest BCUT2D eigenvalue weighted by molar-refractivity contribution is 5.76. The van der Waals surface area contributed by atoms with Crippen LogP contribution in [0.5, 0.6) is 0 Å². The summed E-state index contributed by atoms with van der Waals surface area (Å²) < 4.78 is 26.1. The molecule has 0 saturated heterocycles. The molecule has 1 amide bonds. The molecule has 0 aliphatic rings. The molecule has 1 unspecified atom stereocenters. The predicted molar refractivity (Wildman–Crippen MR) is 89.3 cm³/mol. The lowest BCUT2D eigenvalue weighted by atomic mass is 10.0. The van der Waals surface area contributed by atoms with Gasteiger partial charge in [-0.2, -0.15) is 0 Å². The Hall–Kier alpha value is -2.30. The van der Waals surface area contributed by atoms with E-state index in [2.05, 4.69) is 17.2 Å². The summed E-state index contributed by atoms with van der Waals surface area (Å²) in [5.74, 6) is -1.87. The zero-order valence-electron chi connectivity index (χ0n) is 13.8. The van der Waals surface area contributed by atoms with Gasteiger partial charge in [-0.15, -0.1) is 0 Å². The van der Waals surface area contributed by atoms with Gasteiger partial charge >= 0.3 is 0 Å². The van der Waals surface area contributed by atoms with Crippen LogP contribution in [0.15, 0.2) is 42.7 Å². The van der Waals surface area contributed by atoms with Crippen molar-refractivity contribution in [1.82, 2.24) is 10.3 Å². The molecule has 2 rings (SSSR count). The van der Waals surface area contributed by atoms with Crippen LogP contribution in [-0.2, 0) is 11.2 Å². The molecule has 1 heterocycles. The number of pyridine rings is 1. The smallest absolute Gasteiger partial charge is 0.220 e. The molecule has 0 spiro atoms. The molecule has 0 saturated carbocycles. The van der Waals surface area contributed by atoms with E-state index < -0.39 is 11.6 Å². The fourth-order valence-corrected chi connectivity index (χ4v) is 2.53. The second-order valence-electron chi connectivity index (χ2n) is 5.80. The lowest BCUT2D eigenvalue weighted by Gasteiger charge is -2.18. The van der Waals surface area contributed by atoms with Crippen LogP contribution in [0.2, 0.25) is 0 Å². The molecule has 0 aliphatic carbocycles. The summed E-state index contributed by atoms with van der Waals surface area (Å²) in [6, 6.07) is 7.45. The van der Waals surface area contributed by atoms with Gasteiger partial charge in [0.05, 0.1) is 6.04 Å². The van der Waals surface area contributed by atoms with Crippen LogP contribution >= 0.6 is 0 Å². The van der Waals surface area contributed by atoms with E-state index >= 15 is 0 Å². The minimum absolute atomic E-state index is 0.0731. The Morgan fingerprint density at radius 2 is 2.08 bits per heavy atom. The zero-order valence-corrected chi connectivity index (χ0v) is 13.8. The van der Waals surface area contributed by atoms with E-state index in [1.54, 1.807) is 12.4 Å². The molecular formula is C19H22F2N2O. The van der Waals surface area contributed by atoms with Crippen molar-refractivity contribution in [3.8, 4) is 0 Å². The van der Waals surface area contributed by atoms with Crippen molar-refractivity contribution in [2.45, 2.75) is 45.1 Å². The number of hydrogen-bond acceptors (Lipinski definition) is 2. The number of rotatable bonds is 8. The summed E-state index contributed by atoms with van der Waals surface area (Å²) in [5.41, 5.74) is 1.59. The van der Waals surface area contributed by atoms with Crippen LogP contribution < -0.4 is 5.32 Å². The Morgan fingerprint density at radius 1 is 1.25 bits per heavy atom. The monoisotopic (exact) mass is 332 g/mol. The summed E-state index contributed by atoms with van der Waals surface area (Å²) in [7, 11) is 0. The summed E-state index contributed by atoms with van der Waals surface area (Å²) in [6.07, 6.45) is 6.95. The number of carbonyl (C=O) groups excluding carboxylic acids is 1. The average Bonchev–Trinajstić information content (AvgIpc) is 2.60. The van der Waals surface area contributed by atoms with Gasteiger partial charge in [0.2, 0.25) is 5.91 Å². The quantitative estimate of drug-likeness (QED) is 0.781. The molecule has 2 aromatic rings. The van der Waals surface area contributed by atoms with E-state index in [1.165, 1.54) is 6.07 Å².